The number of hydrogen-bond donors (Lipinski definition) is 0. The van der Waals surface area contributed by atoms with Crippen molar-refractivity contribution in [2.24, 2.45) is 7.05 Å². The van der Waals surface area contributed by atoms with Gasteiger partial charge in [-0.1, -0.05) is 11.6 Å². The van der Waals surface area contributed by atoms with E-state index in [-0.39, 0.29) is 31.5 Å². The van der Waals surface area contributed by atoms with E-state index < -0.39 is 22.2 Å². The van der Waals surface area contributed by atoms with E-state index in [0.29, 0.717) is 6.07 Å². The molecule has 2 rings (SSSR count). The summed E-state index contributed by atoms with van der Waals surface area (Å²) in [4.78, 5) is 13.3. The van der Waals surface area contributed by atoms with Crippen molar-refractivity contribution < 1.29 is 33.8 Å². The van der Waals surface area contributed by atoms with Crippen molar-refractivity contribution in [3.8, 4) is 11.4 Å². The number of aryl methyl sites for hydroxylation is 1. The van der Waals surface area contributed by atoms with Gasteiger partial charge < -0.3 is 4.57 Å². The van der Waals surface area contributed by atoms with Crippen LogP contribution in [0.5, 0.6) is 0 Å². The molecule has 18 heavy (non-hydrogen) atoms. The average molecular weight is 430 g/mol. The van der Waals surface area contributed by atoms with E-state index in [2.05, 4.69) is 11.1 Å². The summed E-state index contributed by atoms with van der Waals surface area (Å²) in [6.07, 6.45) is 2.89. The van der Waals surface area contributed by atoms with Gasteiger partial charge in [-0.25, -0.2) is 4.39 Å². The monoisotopic (exact) mass is 431 g/mol. The molecule has 1 radical (unpaired) electrons. The molecule has 0 aliphatic carbocycles. The Kier molecular flexibility index (Phi) is 4.26. The number of nitro benzene ring substituents is 1. The van der Waals surface area contributed by atoms with Crippen molar-refractivity contribution >= 4 is 5.69 Å². The van der Waals surface area contributed by atoms with Gasteiger partial charge in [0.05, 0.1) is 5.82 Å². The summed E-state index contributed by atoms with van der Waals surface area (Å²) in [5, 5.41) is 10.5. The third-order valence-corrected chi connectivity index (χ3v) is 2.19. The van der Waals surface area contributed by atoms with Gasteiger partial charge in [0.25, 0.3) is 0 Å². The smallest absolute Gasteiger partial charge is 0.229 e. The first-order valence-corrected chi connectivity index (χ1v) is 4.54. The topological polar surface area (TPSA) is 61.0 Å². The average Bonchev–Trinajstić information content (AvgIpc) is 2.67. The molecular weight excluding hydrogens is 424 g/mol. The molecule has 0 spiro atoms. The summed E-state index contributed by atoms with van der Waals surface area (Å²) in [6, 6.07) is 2.57. The third-order valence-electron chi connectivity index (χ3n) is 2.19. The summed E-state index contributed by atoms with van der Waals surface area (Å²) in [7, 11) is 1.56. The van der Waals surface area contributed by atoms with E-state index >= 15 is 0 Å². The molecule has 0 amide bonds. The first-order chi connectivity index (χ1) is 8.00. The fourth-order valence-corrected chi connectivity index (χ4v) is 1.42. The van der Waals surface area contributed by atoms with E-state index in [4.69, 9.17) is 0 Å². The van der Waals surface area contributed by atoms with Crippen LogP contribution in [-0.4, -0.2) is 14.5 Å². The van der Waals surface area contributed by atoms with Gasteiger partial charge in [0.2, 0.25) is 5.69 Å². The minimum Gasteiger partial charge on any atom is -0.373 e. The maximum atomic E-state index is 13.8. The number of halogens is 2. The number of imidazole rings is 1. The zero-order valence-electron chi connectivity index (χ0n) is 8.98. The molecule has 8 heteroatoms. The number of hydrogen-bond acceptors (Lipinski definition) is 3. The molecule has 5 nitrogen and oxygen atoms in total. The quantitative estimate of drug-likeness (QED) is 0.417. The first-order valence-electron chi connectivity index (χ1n) is 4.54. The predicted octanol–water partition coefficient (Wildman–Crippen LogP) is 2.07. The maximum Gasteiger partial charge on any atom is 0.229 e. The Hall–Kier alpha value is -1.66. The van der Waals surface area contributed by atoms with Crippen LogP contribution in [0.3, 0.4) is 0 Å². The Bertz CT molecular complexity index is 601. The van der Waals surface area contributed by atoms with Gasteiger partial charge in [-0.3, -0.25) is 19.5 Å². The van der Waals surface area contributed by atoms with E-state index in [1.165, 1.54) is 17.0 Å². The van der Waals surface area contributed by atoms with Crippen LogP contribution in [0.1, 0.15) is 0 Å². The third kappa shape index (κ3) is 2.44. The molecule has 1 heterocycles. The van der Waals surface area contributed by atoms with Crippen LogP contribution in [0.4, 0.5) is 14.5 Å². The number of nitro groups is 1. The Morgan fingerprint density at radius 1 is 1.50 bits per heavy atom. The minimum atomic E-state index is -1.15. The second-order valence-electron chi connectivity index (χ2n) is 3.31. The van der Waals surface area contributed by atoms with E-state index in [1.54, 1.807) is 7.05 Å². The summed E-state index contributed by atoms with van der Waals surface area (Å²) in [6.45, 7) is 0. The zero-order valence-corrected chi connectivity index (χ0v) is 11.4. The molecule has 0 saturated carbocycles. The molecule has 0 unspecified atom stereocenters. The van der Waals surface area contributed by atoms with E-state index in [1.807, 2.05) is 0 Å². The molecule has 0 aliphatic rings. The van der Waals surface area contributed by atoms with E-state index in [0.717, 1.165) is 0 Å². The Balaban J connectivity index is 0.00000162. The van der Waals surface area contributed by atoms with Gasteiger partial charge in [0.1, 0.15) is 5.82 Å². The summed E-state index contributed by atoms with van der Waals surface area (Å²) >= 11 is 0. The van der Waals surface area contributed by atoms with Crippen LogP contribution in [-0.2, 0) is 27.2 Å². The van der Waals surface area contributed by atoms with Crippen LogP contribution < -0.4 is 0 Å². The Morgan fingerprint density at radius 2 is 2.17 bits per heavy atom. The molecule has 2 aromatic rings. The van der Waals surface area contributed by atoms with Gasteiger partial charge in [0.15, 0.2) is 0 Å². The van der Waals surface area contributed by atoms with Crippen LogP contribution in [0.2, 0.25) is 0 Å². The first kappa shape index (κ1) is 14.4. The van der Waals surface area contributed by atoms with Crippen LogP contribution in [0.15, 0.2) is 18.5 Å². The predicted molar refractivity (Wildman–Crippen MR) is 54.1 cm³/mol. The summed E-state index contributed by atoms with van der Waals surface area (Å²) < 4.78 is 28.3. The second kappa shape index (κ2) is 5.32. The molecule has 0 aliphatic heterocycles. The number of aromatic nitrogens is 2. The van der Waals surface area contributed by atoms with Gasteiger partial charge in [-0.15, -0.1) is 0 Å². The molecule has 0 bridgehead atoms. The van der Waals surface area contributed by atoms with Crippen molar-refractivity contribution in [2.45, 2.75) is 0 Å². The van der Waals surface area contributed by atoms with Crippen molar-refractivity contribution in [1.29, 1.82) is 0 Å². The molecule has 1 aromatic carbocycles. The SMILES string of the molecule is Cn1ccnc1-c1[c-]c(F)cc([N+](=O)[O-])c1F.[Ir]. The molecule has 97 valence electrons. The van der Waals surface area contributed by atoms with Gasteiger partial charge >= 0.3 is 0 Å². The van der Waals surface area contributed by atoms with Gasteiger partial charge in [-0.05, 0) is 6.07 Å². The van der Waals surface area contributed by atoms with Crippen molar-refractivity contribution in [1.82, 2.24) is 9.55 Å². The molecule has 0 atom stereocenters. The molecular formula is C10H6F2IrN3O2-. The van der Waals surface area contributed by atoms with Crippen LogP contribution >= 0.6 is 0 Å². The second-order valence-corrected chi connectivity index (χ2v) is 3.31. The number of benzene rings is 1. The molecule has 0 saturated heterocycles. The van der Waals surface area contributed by atoms with Crippen LogP contribution in [0, 0.1) is 27.8 Å². The Morgan fingerprint density at radius 3 is 2.67 bits per heavy atom. The Labute approximate surface area is 114 Å². The minimum absolute atomic E-state index is 0. The largest absolute Gasteiger partial charge is 0.373 e. The molecule has 0 N–H and O–H groups in total. The fraction of sp³-hybridized carbons (Fsp3) is 0.100. The van der Waals surface area contributed by atoms with Gasteiger partial charge in [0, 0.05) is 50.3 Å². The van der Waals surface area contributed by atoms with Crippen molar-refractivity contribution in [3.63, 3.8) is 0 Å². The zero-order chi connectivity index (χ0) is 12.6. The fourth-order valence-electron chi connectivity index (χ4n) is 1.42. The standard InChI is InChI=1S/C10H6F2N3O2.Ir/c1-14-3-2-13-10(14)7-4-6(11)5-8(9(7)12)15(16)17;/h2-3,5H,1H3;/q-1;. The van der Waals surface area contributed by atoms with Crippen molar-refractivity contribution in [2.75, 3.05) is 0 Å². The van der Waals surface area contributed by atoms with Gasteiger partial charge in [-0.2, -0.15) is 0 Å². The normalized spacial score (nSPS) is 9.94. The molecule has 1 aromatic heterocycles. The summed E-state index contributed by atoms with van der Waals surface area (Å²) in [5.74, 6) is -2.08. The summed E-state index contributed by atoms with van der Waals surface area (Å²) in [5.41, 5.74) is -1.29. The van der Waals surface area contributed by atoms with E-state index in [9.17, 15) is 18.9 Å². The maximum absolute atomic E-state index is 13.8. The van der Waals surface area contributed by atoms with Crippen molar-refractivity contribution in [3.05, 3.63) is 46.3 Å². The van der Waals surface area contributed by atoms with Crippen LogP contribution in [0.25, 0.3) is 11.4 Å². The molecule has 0 fully saturated rings. The number of rotatable bonds is 2. The number of nitrogens with zero attached hydrogens (tertiary/aromatic N) is 3.